The highest BCUT2D eigenvalue weighted by Crippen LogP contribution is 2.20. The van der Waals surface area contributed by atoms with Gasteiger partial charge in [0.1, 0.15) is 5.15 Å². The minimum Gasteiger partial charge on any atom is -0.381 e. The van der Waals surface area contributed by atoms with Crippen molar-refractivity contribution in [3.8, 4) is 0 Å². The first-order valence-electron chi connectivity index (χ1n) is 6.16. The van der Waals surface area contributed by atoms with Gasteiger partial charge in [0.15, 0.2) is 0 Å². The van der Waals surface area contributed by atoms with Crippen molar-refractivity contribution >= 4 is 11.6 Å². The fourth-order valence-electron chi connectivity index (χ4n) is 2.36. The monoisotopic (exact) mass is 270 g/mol. The first-order valence-corrected chi connectivity index (χ1v) is 6.54. The maximum Gasteiger partial charge on any atom is 0.147 e. The number of halogens is 1. The lowest BCUT2D eigenvalue weighted by molar-refractivity contribution is 0.00974. The van der Waals surface area contributed by atoms with Gasteiger partial charge in [-0.3, -0.25) is 9.88 Å². The van der Waals surface area contributed by atoms with Gasteiger partial charge in [-0.15, -0.1) is 0 Å². The highest BCUT2D eigenvalue weighted by atomic mass is 35.5. The van der Waals surface area contributed by atoms with E-state index < -0.39 is 0 Å². The number of methoxy groups -OCH3 is 1. The highest BCUT2D eigenvalue weighted by molar-refractivity contribution is 6.29. The molecule has 1 aromatic heterocycles. The Morgan fingerprint density at radius 2 is 2.33 bits per heavy atom. The number of nitrogens with zero attached hydrogens (tertiary/aromatic N) is 3. The molecule has 0 aromatic carbocycles. The van der Waals surface area contributed by atoms with Crippen LogP contribution < -0.4 is 5.73 Å². The van der Waals surface area contributed by atoms with Crippen molar-refractivity contribution in [2.75, 3.05) is 20.2 Å². The molecule has 100 valence electrons. The third-order valence-electron chi connectivity index (χ3n) is 3.43. The maximum absolute atomic E-state index is 5.83. The zero-order chi connectivity index (χ0) is 13.0. The molecule has 1 fully saturated rings. The standard InChI is InChI=1S/C12H19ClN4O/c1-18-11-2-3-17(10(4-11)5-14)8-9-6-16-12(13)7-15-9/h6-7,10-11H,2-5,8,14H2,1H3. The summed E-state index contributed by atoms with van der Waals surface area (Å²) in [4.78, 5) is 10.7. The van der Waals surface area contributed by atoms with E-state index in [4.69, 9.17) is 22.1 Å². The molecule has 2 N–H and O–H groups in total. The van der Waals surface area contributed by atoms with E-state index in [2.05, 4.69) is 14.9 Å². The minimum atomic E-state index is 0.325. The predicted molar refractivity (Wildman–Crippen MR) is 70.3 cm³/mol. The van der Waals surface area contributed by atoms with Gasteiger partial charge in [-0.25, -0.2) is 4.98 Å². The van der Waals surface area contributed by atoms with E-state index in [0.717, 1.165) is 31.6 Å². The smallest absolute Gasteiger partial charge is 0.147 e. The van der Waals surface area contributed by atoms with E-state index in [-0.39, 0.29) is 0 Å². The summed E-state index contributed by atoms with van der Waals surface area (Å²) in [7, 11) is 1.76. The van der Waals surface area contributed by atoms with Crippen molar-refractivity contribution in [2.24, 2.45) is 5.73 Å². The van der Waals surface area contributed by atoms with Crippen molar-refractivity contribution in [1.29, 1.82) is 0 Å². The lowest BCUT2D eigenvalue weighted by Crippen LogP contribution is -2.48. The summed E-state index contributed by atoms with van der Waals surface area (Å²) in [5.74, 6) is 0. The summed E-state index contributed by atoms with van der Waals surface area (Å²) in [6, 6.07) is 0.348. The van der Waals surface area contributed by atoms with E-state index >= 15 is 0 Å². The van der Waals surface area contributed by atoms with E-state index in [9.17, 15) is 0 Å². The van der Waals surface area contributed by atoms with Crippen molar-refractivity contribution < 1.29 is 4.74 Å². The summed E-state index contributed by atoms with van der Waals surface area (Å²) in [6.07, 6.45) is 5.64. The van der Waals surface area contributed by atoms with Gasteiger partial charge in [0.25, 0.3) is 0 Å². The highest BCUT2D eigenvalue weighted by Gasteiger charge is 2.27. The first-order chi connectivity index (χ1) is 8.72. The number of hydrogen-bond donors (Lipinski definition) is 1. The molecule has 2 rings (SSSR count). The Labute approximate surface area is 112 Å². The Morgan fingerprint density at radius 3 is 2.94 bits per heavy atom. The summed E-state index contributed by atoms with van der Waals surface area (Å²) in [5.41, 5.74) is 6.76. The zero-order valence-corrected chi connectivity index (χ0v) is 11.3. The maximum atomic E-state index is 5.83. The van der Waals surface area contributed by atoms with Gasteiger partial charge in [0, 0.05) is 32.8 Å². The third kappa shape index (κ3) is 3.38. The van der Waals surface area contributed by atoms with Crippen LogP contribution >= 0.6 is 11.6 Å². The lowest BCUT2D eigenvalue weighted by Gasteiger charge is -2.38. The van der Waals surface area contributed by atoms with E-state index in [1.54, 1.807) is 19.5 Å². The van der Waals surface area contributed by atoms with Crippen molar-refractivity contribution in [2.45, 2.75) is 31.5 Å². The molecular formula is C12H19ClN4O. The molecule has 0 amide bonds. The molecule has 0 aliphatic carbocycles. The Hall–Kier alpha value is -0.750. The Morgan fingerprint density at radius 1 is 1.50 bits per heavy atom. The molecule has 2 heterocycles. The van der Waals surface area contributed by atoms with Crippen LogP contribution in [-0.2, 0) is 11.3 Å². The van der Waals surface area contributed by atoms with Crippen LogP contribution in [0.3, 0.4) is 0 Å². The zero-order valence-electron chi connectivity index (χ0n) is 10.6. The fraction of sp³-hybridized carbons (Fsp3) is 0.667. The second-order valence-electron chi connectivity index (χ2n) is 4.57. The Kier molecular flexibility index (Phi) is 4.88. The molecule has 18 heavy (non-hydrogen) atoms. The Bertz CT molecular complexity index is 373. The molecule has 0 saturated carbocycles. The predicted octanol–water partition coefficient (Wildman–Crippen LogP) is 1.07. The van der Waals surface area contributed by atoms with Gasteiger partial charge in [-0.05, 0) is 12.8 Å². The molecule has 1 saturated heterocycles. The van der Waals surface area contributed by atoms with Crippen molar-refractivity contribution in [1.82, 2.24) is 14.9 Å². The topological polar surface area (TPSA) is 64.3 Å². The van der Waals surface area contributed by atoms with E-state index in [1.807, 2.05) is 0 Å². The second kappa shape index (κ2) is 6.43. The average Bonchev–Trinajstić information content (AvgIpc) is 2.41. The molecule has 2 unspecified atom stereocenters. The van der Waals surface area contributed by atoms with Gasteiger partial charge in [-0.1, -0.05) is 11.6 Å². The number of likely N-dealkylation sites (tertiary alicyclic amines) is 1. The van der Waals surface area contributed by atoms with Crippen LogP contribution in [0, 0.1) is 0 Å². The van der Waals surface area contributed by atoms with Gasteiger partial charge < -0.3 is 10.5 Å². The molecule has 0 spiro atoms. The SMILES string of the molecule is COC1CCN(Cc2cnc(Cl)cn2)C(CN)C1. The summed E-state index contributed by atoms with van der Waals surface area (Å²) in [5, 5.41) is 0.423. The number of piperidine rings is 1. The molecule has 1 aliphatic heterocycles. The second-order valence-corrected chi connectivity index (χ2v) is 4.96. The molecule has 5 nitrogen and oxygen atoms in total. The van der Waals surface area contributed by atoms with Crippen LogP contribution in [0.4, 0.5) is 0 Å². The lowest BCUT2D eigenvalue weighted by atomic mass is 9.99. The van der Waals surface area contributed by atoms with Gasteiger partial charge in [0.2, 0.25) is 0 Å². The quantitative estimate of drug-likeness (QED) is 0.887. The molecule has 6 heteroatoms. The number of rotatable bonds is 4. The van der Waals surface area contributed by atoms with Crippen LogP contribution in [0.15, 0.2) is 12.4 Å². The molecule has 0 bridgehead atoms. The van der Waals surface area contributed by atoms with Gasteiger partial charge >= 0.3 is 0 Å². The number of ether oxygens (including phenoxy) is 1. The summed E-state index contributed by atoms with van der Waals surface area (Å²) >= 11 is 5.72. The van der Waals surface area contributed by atoms with Crippen LogP contribution in [-0.4, -0.2) is 47.2 Å². The van der Waals surface area contributed by atoms with Crippen molar-refractivity contribution in [3.05, 3.63) is 23.2 Å². The molecule has 2 atom stereocenters. The van der Waals surface area contributed by atoms with Crippen LogP contribution in [0.25, 0.3) is 0 Å². The summed E-state index contributed by atoms with van der Waals surface area (Å²) in [6.45, 7) is 2.38. The van der Waals surface area contributed by atoms with Crippen LogP contribution in [0.5, 0.6) is 0 Å². The molecular weight excluding hydrogens is 252 g/mol. The minimum absolute atomic E-state index is 0.325. The van der Waals surface area contributed by atoms with Crippen LogP contribution in [0.1, 0.15) is 18.5 Å². The normalized spacial score (nSPS) is 25.3. The fourth-order valence-corrected chi connectivity index (χ4v) is 2.46. The van der Waals surface area contributed by atoms with E-state index in [0.29, 0.717) is 23.8 Å². The first kappa shape index (κ1) is 13.7. The van der Waals surface area contributed by atoms with Gasteiger partial charge in [-0.2, -0.15) is 0 Å². The van der Waals surface area contributed by atoms with Crippen LogP contribution in [0.2, 0.25) is 5.15 Å². The molecule has 1 aromatic rings. The summed E-state index contributed by atoms with van der Waals surface area (Å²) < 4.78 is 5.41. The molecule has 0 radical (unpaired) electrons. The average molecular weight is 271 g/mol. The van der Waals surface area contributed by atoms with E-state index in [1.165, 1.54) is 0 Å². The van der Waals surface area contributed by atoms with Crippen molar-refractivity contribution in [3.63, 3.8) is 0 Å². The molecule has 1 aliphatic rings. The number of aromatic nitrogens is 2. The third-order valence-corrected chi connectivity index (χ3v) is 3.63. The van der Waals surface area contributed by atoms with Gasteiger partial charge in [0.05, 0.1) is 24.2 Å². The number of nitrogens with two attached hydrogens (primary N) is 1. The number of hydrogen-bond acceptors (Lipinski definition) is 5. The largest absolute Gasteiger partial charge is 0.381 e. The Balaban J connectivity index is 1.97.